The van der Waals surface area contributed by atoms with E-state index >= 15 is 0 Å². The molecule has 1 atom stereocenters. The summed E-state index contributed by atoms with van der Waals surface area (Å²) in [5.41, 5.74) is 1.05. The van der Waals surface area contributed by atoms with Crippen LogP contribution in [0, 0.1) is 0 Å². The topological polar surface area (TPSA) is 57.1 Å². The number of thiophene rings is 1. The van der Waals surface area contributed by atoms with Gasteiger partial charge in [-0.1, -0.05) is 19.1 Å². The number of carbonyl (C=O) groups is 1. The Hall–Kier alpha value is -2.60. The largest absolute Gasteiger partial charge is 0.493 e. The number of esters is 1. The fourth-order valence-electron chi connectivity index (χ4n) is 2.24. The standard InChI is InChI=1S/C19H19NO4S/c1-4-12(2)23-15-8-7-13(11-16(15)22-3)10-14-19(21)24-18(20-14)17-6-5-9-25-17/h5-12H,4H2,1-3H3. The van der Waals surface area contributed by atoms with Crippen molar-refractivity contribution in [3.63, 3.8) is 0 Å². The molecule has 0 amide bonds. The van der Waals surface area contributed by atoms with Gasteiger partial charge < -0.3 is 14.2 Å². The molecule has 3 rings (SSSR count). The molecule has 0 bridgehead atoms. The maximum atomic E-state index is 12.0. The van der Waals surface area contributed by atoms with Crippen LogP contribution in [0.4, 0.5) is 0 Å². The molecule has 1 aliphatic heterocycles. The highest BCUT2D eigenvalue weighted by Gasteiger charge is 2.24. The maximum Gasteiger partial charge on any atom is 0.363 e. The zero-order valence-corrected chi connectivity index (χ0v) is 15.1. The monoisotopic (exact) mass is 357 g/mol. The first-order valence-corrected chi connectivity index (χ1v) is 8.89. The van der Waals surface area contributed by atoms with Crippen LogP contribution >= 0.6 is 11.3 Å². The Morgan fingerprint density at radius 1 is 1.32 bits per heavy atom. The SMILES string of the molecule is CCC(C)Oc1ccc(C=C2N=C(c3cccs3)OC2=O)cc1OC. The zero-order valence-electron chi connectivity index (χ0n) is 14.3. The number of carbonyl (C=O) groups excluding carboxylic acids is 1. The van der Waals surface area contributed by atoms with Crippen molar-refractivity contribution in [2.45, 2.75) is 26.4 Å². The van der Waals surface area contributed by atoms with E-state index in [1.54, 1.807) is 13.2 Å². The highest BCUT2D eigenvalue weighted by molar-refractivity contribution is 7.12. The van der Waals surface area contributed by atoms with E-state index in [-0.39, 0.29) is 11.8 Å². The second kappa shape index (κ2) is 7.53. The average Bonchev–Trinajstić information content (AvgIpc) is 3.26. The average molecular weight is 357 g/mol. The van der Waals surface area contributed by atoms with E-state index < -0.39 is 5.97 Å². The van der Waals surface area contributed by atoms with Gasteiger partial charge in [0.05, 0.1) is 18.1 Å². The van der Waals surface area contributed by atoms with Gasteiger partial charge in [0.25, 0.3) is 0 Å². The lowest BCUT2D eigenvalue weighted by atomic mass is 10.1. The summed E-state index contributed by atoms with van der Waals surface area (Å²) >= 11 is 1.47. The quantitative estimate of drug-likeness (QED) is 0.572. The van der Waals surface area contributed by atoms with Crippen LogP contribution in [0.25, 0.3) is 6.08 Å². The van der Waals surface area contributed by atoms with E-state index in [0.717, 1.165) is 16.9 Å². The predicted octanol–water partition coefficient (Wildman–Crippen LogP) is 4.28. The Morgan fingerprint density at radius 2 is 2.16 bits per heavy atom. The molecule has 0 spiro atoms. The summed E-state index contributed by atoms with van der Waals surface area (Å²) in [7, 11) is 1.59. The fraction of sp³-hybridized carbons (Fsp3) is 0.263. The molecule has 1 unspecified atom stereocenters. The van der Waals surface area contributed by atoms with Gasteiger partial charge in [0.1, 0.15) is 0 Å². The van der Waals surface area contributed by atoms with Crippen molar-refractivity contribution < 1.29 is 19.0 Å². The van der Waals surface area contributed by atoms with Crippen molar-refractivity contribution in [1.82, 2.24) is 0 Å². The van der Waals surface area contributed by atoms with Gasteiger partial charge in [0.15, 0.2) is 17.2 Å². The minimum absolute atomic E-state index is 0.0980. The maximum absolute atomic E-state index is 12.0. The summed E-state index contributed by atoms with van der Waals surface area (Å²) in [6.45, 7) is 4.06. The van der Waals surface area contributed by atoms with E-state index in [9.17, 15) is 4.79 Å². The molecule has 0 saturated carbocycles. The van der Waals surface area contributed by atoms with Crippen molar-refractivity contribution in [1.29, 1.82) is 0 Å². The molecule has 1 aromatic carbocycles. The first-order chi connectivity index (χ1) is 12.1. The summed E-state index contributed by atoms with van der Waals surface area (Å²) in [4.78, 5) is 17.1. The van der Waals surface area contributed by atoms with Crippen LogP contribution in [-0.2, 0) is 9.53 Å². The summed E-state index contributed by atoms with van der Waals surface area (Å²) in [5, 5.41) is 1.91. The van der Waals surface area contributed by atoms with Crippen LogP contribution in [0.1, 0.15) is 30.7 Å². The third-order valence-electron chi connectivity index (χ3n) is 3.75. The minimum Gasteiger partial charge on any atom is -0.493 e. The summed E-state index contributed by atoms with van der Waals surface area (Å²) in [6.07, 6.45) is 2.68. The van der Waals surface area contributed by atoms with Gasteiger partial charge in [-0.2, -0.15) is 0 Å². The van der Waals surface area contributed by atoms with Gasteiger partial charge in [-0.3, -0.25) is 0 Å². The summed E-state index contributed by atoms with van der Waals surface area (Å²) in [5.74, 6) is 1.18. The molecule has 0 N–H and O–H groups in total. The summed E-state index contributed by atoms with van der Waals surface area (Å²) < 4.78 is 16.5. The molecule has 0 radical (unpaired) electrons. The van der Waals surface area contributed by atoms with Crippen LogP contribution in [-0.4, -0.2) is 25.1 Å². The van der Waals surface area contributed by atoms with Crippen molar-refractivity contribution in [2.75, 3.05) is 7.11 Å². The number of cyclic esters (lactones) is 1. The van der Waals surface area contributed by atoms with Crippen LogP contribution in [0.5, 0.6) is 11.5 Å². The minimum atomic E-state index is -0.456. The third kappa shape index (κ3) is 3.91. The Bertz CT molecular complexity index is 824. The number of hydrogen-bond acceptors (Lipinski definition) is 6. The fourth-order valence-corrected chi connectivity index (χ4v) is 2.89. The second-order valence-corrected chi connectivity index (χ2v) is 6.51. The van der Waals surface area contributed by atoms with Crippen LogP contribution in [0.15, 0.2) is 46.4 Å². The molecule has 5 nitrogen and oxygen atoms in total. The van der Waals surface area contributed by atoms with E-state index in [4.69, 9.17) is 14.2 Å². The molecular weight excluding hydrogens is 338 g/mol. The van der Waals surface area contributed by atoms with Crippen molar-refractivity contribution in [2.24, 2.45) is 4.99 Å². The Balaban J connectivity index is 1.87. The van der Waals surface area contributed by atoms with E-state index in [1.165, 1.54) is 11.3 Å². The zero-order chi connectivity index (χ0) is 17.8. The molecule has 25 heavy (non-hydrogen) atoms. The number of aliphatic imine (C=N–C) groups is 1. The normalized spacial score (nSPS) is 16.5. The van der Waals surface area contributed by atoms with Gasteiger partial charge in [-0.05, 0) is 48.6 Å². The molecule has 0 aliphatic carbocycles. The molecule has 2 aromatic rings. The van der Waals surface area contributed by atoms with Gasteiger partial charge in [-0.15, -0.1) is 11.3 Å². The number of benzene rings is 1. The lowest BCUT2D eigenvalue weighted by molar-refractivity contribution is -0.129. The smallest absolute Gasteiger partial charge is 0.363 e. The Labute approximate surface area is 150 Å². The van der Waals surface area contributed by atoms with Crippen LogP contribution in [0.3, 0.4) is 0 Å². The van der Waals surface area contributed by atoms with Crippen molar-refractivity contribution in [3.8, 4) is 11.5 Å². The van der Waals surface area contributed by atoms with Gasteiger partial charge in [-0.25, -0.2) is 9.79 Å². The highest BCUT2D eigenvalue weighted by Crippen LogP contribution is 2.31. The van der Waals surface area contributed by atoms with Crippen molar-refractivity contribution in [3.05, 3.63) is 51.8 Å². The molecular formula is C19H19NO4S. The molecule has 1 aliphatic rings. The second-order valence-electron chi connectivity index (χ2n) is 5.56. The van der Waals surface area contributed by atoms with Gasteiger partial charge in [0.2, 0.25) is 5.90 Å². The number of nitrogens with zero attached hydrogens (tertiary/aromatic N) is 1. The van der Waals surface area contributed by atoms with Gasteiger partial charge in [0, 0.05) is 0 Å². The number of hydrogen-bond donors (Lipinski definition) is 0. The molecule has 6 heteroatoms. The lowest BCUT2D eigenvalue weighted by Crippen LogP contribution is -2.10. The predicted molar refractivity (Wildman–Crippen MR) is 98.3 cm³/mol. The Morgan fingerprint density at radius 3 is 2.84 bits per heavy atom. The van der Waals surface area contributed by atoms with Crippen LogP contribution in [0.2, 0.25) is 0 Å². The van der Waals surface area contributed by atoms with E-state index in [0.29, 0.717) is 17.4 Å². The molecule has 1 aromatic heterocycles. The van der Waals surface area contributed by atoms with E-state index in [2.05, 4.69) is 11.9 Å². The highest BCUT2D eigenvalue weighted by atomic mass is 32.1. The van der Waals surface area contributed by atoms with Crippen molar-refractivity contribution >= 4 is 29.3 Å². The first kappa shape index (κ1) is 17.2. The van der Waals surface area contributed by atoms with E-state index in [1.807, 2.05) is 42.6 Å². The molecule has 0 saturated heterocycles. The number of methoxy groups -OCH3 is 1. The Kier molecular flexibility index (Phi) is 5.19. The number of rotatable bonds is 6. The van der Waals surface area contributed by atoms with Crippen LogP contribution < -0.4 is 9.47 Å². The number of ether oxygens (including phenoxy) is 3. The third-order valence-corrected chi connectivity index (χ3v) is 4.60. The first-order valence-electron chi connectivity index (χ1n) is 8.02. The molecule has 2 heterocycles. The lowest BCUT2D eigenvalue weighted by Gasteiger charge is -2.15. The molecule has 130 valence electrons. The summed E-state index contributed by atoms with van der Waals surface area (Å²) in [6, 6.07) is 9.26. The molecule has 0 fully saturated rings. The van der Waals surface area contributed by atoms with Gasteiger partial charge >= 0.3 is 5.97 Å².